The van der Waals surface area contributed by atoms with Crippen LogP contribution in [0.3, 0.4) is 0 Å². The Bertz CT molecular complexity index is 912. The molecular formula is C26H32ClFO5. The van der Waals surface area contributed by atoms with Gasteiger partial charge in [-0.2, -0.15) is 0 Å². The molecule has 0 aliphatic heterocycles. The summed E-state index contributed by atoms with van der Waals surface area (Å²) in [6.07, 6.45) is 4.15. The van der Waals surface area contributed by atoms with E-state index < -0.39 is 24.6 Å². The van der Waals surface area contributed by atoms with Crippen LogP contribution in [0.2, 0.25) is 5.02 Å². The molecule has 1 saturated carbocycles. The topological polar surface area (TPSA) is 87.0 Å². The number of halogens is 2. The van der Waals surface area contributed by atoms with E-state index in [0.717, 1.165) is 61.0 Å². The number of rotatable bonds is 12. The Morgan fingerprint density at radius 2 is 1.79 bits per heavy atom. The third-order valence-corrected chi connectivity index (χ3v) is 6.37. The molecule has 3 N–H and O–H groups in total. The van der Waals surface area contributed by atoms with Gasteiger partial charge in [0.1, 0.15) is 18.2 Å². The van der Waals surface area contributed by atoms with Crippen molar-refractivity contribution in [3.63, 3.8) is 0 Å². The Kier molecular flexibility index (Phi) is 9.53. The van der Waals surface area contributed by atoms with Gasteiger partial charge in [-0.25, -0.2) is 4.39 Å². The second kappa shape index (κ2) is 12.4. The number of aliphatic hydroxyl groups excluding tert-OH is 2. The Labute approximate surface area is 199 Å². The minimum Gasteiger partial charge on any atom is -0.490 e. The van der Waals surface area contributed by atoms with Crippen molar-refractivity contribution in [1.82, 2.24) is 0 Å². The first-order valence-corrected chi connectivity index (χ1v) is 12.0. The molecule has 2 atom stereocenters. The van der Waals surface area contributed by atoms with Crippen LogP contribution in [-0.2, 0) is 17.6 Å². The molecule has 1 aliphatic carbocycles. The molecule has 1 fully saturated rings. The van der Waals surface area contributed by atoms with Gasteiger partial charge in [0.25, 0.3) is 0 Å². The van der Waals surface area contributed by atoms with Crippen molar-refractivity contribution in [2.45, 2.75) is 75.9 Å². The SMILES string of the molecule is O=C(O)C[C@H](O)C[C@H](O)COc1c(CCCc2ccc(F)cc2)cc(Cl)cc1C1CCCC1. The average Bonchev–Trinajstić information content (AvgIpc) is 3.28. The Hall–Kier alpha value is -2.15. The highest BCUT2D eigenvalue weighted by Gasteiger charge is 2.24. The van der Waals surface area contributed by atoms with Gasteiger partial charge >= 0.3 is 5.97 Å². The average molecular weight is 479 g/mol. The van der Waals surface area contributed by atoms with Crippen LogP contribution in [0.5, 0.6) is 5.75 Å². The summed E-state index contributed by atoms with van der Waals surface area (Å²) in [7, 11) is 0. The quantitative estimate of drug-likeness (QED) is 0.386. The summed E-state index contributed by atoms with van der Waals surface area (Å²) >= 11 is 6.46. The zero-order valence-electron chi connectivity index (χ0n) is 18.7. The lowest BCUT2D eigenvalue weighted by atomic mass is 9.92. The van der Waals surface area contributed by atoms with Crippen LogP contribution >= 0.6 is 11.6 Å². The van der Waals surface area contributed by atoms with Gasteiger partial charge in [-0.15, -0.1) is 0 Å². The lowest BCUT2D eigenvalue weighted by molar-refractivity contribution is -0.139. The summed E-state index contributed by atoms with van der Waals surface area (Å²) < 4.78 is 19.3. The predicted molar refractivity (Wildman–Crippen MR) is 125 cm³/mol. The number of carboxylic acid groups (broad SMARTS) is 1. The van der Waals surface area contributed by atoms with Crippen LogP contribution in [0, 0.1) is 5.82 Å². The molecule has 3 rings (SSSR count). The van der Waals surface area contributed by atoms with E-state index in [-0.39, 0.29) is 18.8 Å². The molecular weight excluding hydrogens is 447 g/mol. The smallest absolute Gasteiger partial charge is 0.305 e. The fourth-order valence-corrected chi connectivity index (χ4v) is 4.80. The van der Waals surface area contributed by atoms with Gasteiger partial charge in [-0.3, -0.25) is 4.79 Å². The normalized spacial score (nSPS) is 16.0. The van der Waals surface area contributed by atoms with Crippen LogP contribution in [0.4, 0.5) is 4.39 Å². The molecule has 2 aromatic rings. The van der Waals surface area contributed by atoms with E-state index in [9.17, 15) is 19.4 Å². The molecule has 180 valence electrons. The predicted octanol–water partition coefficient (Wildman–Crippen LogP) is 5.28. The molecule has 33 heavy (non-hydrogen) atoms. The second-order valence-electron chi connectivity index (χ2n) is 8.90. The molecule has 2 aromatic carbocycles. The molecule has 0 radical (unpaired) electrons. The number of aliphatic hydroxyl groups is 2. The van der Waals surface area contributed by atoms with E-state index in [0.29, 0.717) is 17.4 Å². The molecule has 5 nitrogen and oxygen atoms in total. The van der Waals surface area contributed by atoms with E-state index >= 15 is 0 Å². The number of carboxylic acids is 1. The summed E-state index contributed by atoms with van der Waals surface area (Å²) in [6, 6.07) is 10.3. The number of aliphatic carboxylic acids is 1. The number of hydrogen-bond donors (Lipinski definition) is 3. The number of aryl methyl sites for hydroxylation is 2. The third kappa shape index (κ3) is 7.98. The van der Waals surface area contributed by atoms with Crippen molar-refractivity contribution >= 4 is 17.6 Å². The van der Waals surface area contributed by atoms with Crippen LogP contribution < -0.4 is 4.74 Å². The van der Waals surface area contributed by atoms with Crippen molar-refractivity contribution in [3.8, 4) is 5.75 Å². The Morgan fingerprint density at radius 3 is 2.45 bits per heavy atom. The molecule has 0 unspecified atom stereocenters. The first kappa shape index (κ1) is 25.5. The number of benzene rings is 2. The molecule has 0 saturated heterocycles. The van der Waals surface area contributed by atoms with Gasteiger partial charge in [0.2, 0.25) is 0 Å². The largest absolute Gasteiger partial charge is 0.490 e. The molecule has 0 spiro atoms. The maximum absolute atomic E-state index is 13.2. The number of ether oxygens (including phenoxy) is 1. The molecule has 0 aromatic heterocycles. The van der Waals surface area contributed by atoms with Crippen molar-refractivity contribution in [3.05, 3.63) is 63.9 Å². The monoisotopic (exact) mass is 478 g/mol. The zero-order valence-corrected chi connectivity index (χ0v) is 19.4. The van der Waals surface area contributed by atoms with Gasteiger partial charge in [0.15, 0.2) is 0 Å². The summed E-state index contributed by atoms with van der Waals surface area (Å²) in [5, 5.41) is 29.6. The summed E-state index contributed by atoms with van der Waals surface area (Å²) in [6.45, 7) is -0.0387. The summed E-state index contributed by atoms with van der Waals surface area (Å²) in [5.74, 6) is -0.278. The van der Waals surface area contributed by atoms with Crippen LogP contribution in [0.25, 0.3) is 0 Å². The standard InChI is InChI=1S/C26H32ClFO5/c27-20-12-19(7-3-4-17-8-10-21(28)11-9-17)26(24(13-20)18-5-1-2-6-18)33-16-23(30)14-22(29)15-25(31)32/h8-13,18,22-23,29-30H,1-7,14-16H2,(H,31,32)/t22-,23+/m1/s1. The highest BCUT2D eigenvalue weighted by molar-refractivity contribution is 6.30. The number of hydrogen-bond acceptors (Lipinski definition) is 4. The van der Waals surface area contributed by atoms with E-state index in [4.69, 9.17) is 21.4 Å². The maximum Gasteiger partial charge on any atom is 0.305 e. The molecule has 0 bridgehead atoms. The summed E-state index contributed by atoms with van der Waals surface area (Å²) in [4.78, 5) is 10.8. The molecule has 7 heteroatoms. The van der Waals surface area contributed by atoms with Crippen LogP contribution in [0.1, 0.15) is 67.6 Å². The van der Waals surface area contributed by atoms with Crippen molar-refractivity contribution in [2.24, 2.45) is 0 Å². The van der Waals surface area contributed by atoms with E-state index in [1.807, 2.05) is 12.1 Å². The van der Waals surface area contributed by atoms with E-state index in [1.165, 1.54) is 12.1 Å². The first-order valence-electron chi connectivity index (χ1n) is 11.6. The highest BCUT2D eigenvalue weighted by Crippen LogP contribution is 2.42. The zero-order chi connectivity index (χ0) is 23.8. The molecule has 0 amide bonds. The lowest BCUT2D eigenvalue weighted by Crippen LogP contribution is -2.26. The van der Waals surface area contributed by atoms with Crippen LogP contribution in [-0.4, -0.2) is 40.1 Å². The second-order valence-corrected chi connectivity index (χ2v) is 9.33. The fraction of sp³-hybridized carbons (Fsp3) is 0.500. The Morgan fingerprint density at radius 1 is 1.09 bits per heavy atom. The molecule has 1 aliphatic rings. The number of carbonyl (C=O) groups is 1. The maximum atomic E-state index is 13.2. The lowest BCUT2D eigenvalue weighted by Gasteiger charge is -2.22. The van der Waals surface area contributed by atoms with Crippen molar-refractivity contribution in [2.75, 3.05) is 6.61 Å². The van der Waals surface area contributed by atoms with Gasteiger partial charge < -0.3 is 20.1 Å². The van der Waals surface area contributed by atoms with Gasteiger partial charge in [0, 0.05) is 11.4 Å². The summed E-state index contributed by atoms with van der Waals surface area (Å²) in [5.41, 5.74) is 3.07. The van der Waals surface area contributed by atoms with E-state index in [2.05, 4.69) is 0 Å². The molecule has 0 heterocycles. The fourth-order valence-electron chi connectivity index (χ4n) is 4.56. The van der Waals surface area contributed by atoms with Gasteiger partial charge in [-0.1, -0.05) is 36.6 Å². The highest BCUT2D eigenvalue weighted by atomic mass is 35.5. The van der Waals surface area contributed by atoms with E-state index in [1.54, 1.807) is 12.1 Å². The van der Waals surface area contributed by atoms with Crippen molar-refractivity contribution in [1.29, 1.82) is 0 Å². The minimum absolute atomic E-state index is 0.0387. The van der Waals surface area contributed by atoms with Gasteiger partial charge in [-0.05, 0) is 79.0 Å². The van der Waals surface area contributed by atoms with Gasteiger partial charge in [0.05, 0.1) is 18.6 Å². The Balaban J connectivity index is 1.72. The first-order chi connectivity index (χ1) is 15.8. The third-order valence-electron chi connectivity index (χ3n) is 6.15. The van der Waals surface area contributed by atoms with Crippen LogP contribution in [0.15, 0.2) is 36.4 Å². The van der Waals surface area contributed by atoms with Crippen molar-refractivity contribution < 1.29 is 29.2 Å². The minimum atomic E-state index is -1.13.